The maximum Gasteiger partial charge on any atom is 0.0431 e. The Kier molecular flexibility index (Phi) is 6.25. The Morgan fingerprint density at radius 1 is 0.731 bits per heavy atom. The fourth-order valence-corrected chi connectivity index (χ4v) is 3.41. The Hall–Kier alpha value is -2.38. The van der Waals surface area contributed by atoms with E-state index in [9.17, 15) is 0 Å². The van der Waals surface area contributed by atoms with Crippen LogP contribution in [0, 0.1) is 6.92 Å². The summed E-state index contributed by atoms with van der Waals surface area (Å²) in [5.74, 6) is 0. The van der Waals surface area contributed by atoms with Gasteiger partial charge in [-0.25, -0.2) is 0 Å². The molecule has 0 aliphatic rings. The summed E-state index contributed by atoms with van der Waals surface area (Å²) in [5.41, 5.74) is 9.18. The number of aliphatic hydroxyl groups excluding tert-OH is 1. The average molecular weight is 344 g/mol. The fourth-order valence-electron chi connectivity index (χ4n) is 3.41. The van der Waals surface area contributed by atoms with Gasteiger partial charge in [-0.15, -0.1) is 0 Å². The first-order chi connectivity index (χ1) is 12.7. The molecule has 0 spiro atoms. The van der Waals surface area contributed by atoms with Crippen LogP contribution in [0.2, 0.25) is 0 Å². The van der Waals surface area contributed by atoms with Gasteiger partial charge in [0.15, 0.2) is 0 Å². The lowest BCUT2D eigenvalue weighted by atomic mass is 9.93. The number of unbranched alkanes of at least 4 members (excludes halogenated alkanes) is 1. The van der Waals surface area contributed by atoms with Crippen molar-refractivity contribution in [1.82, 2.24) is 0 Å². The largest absolute Gasteiger partial charge is 0.396 e. The van der Waals surface area contributed by atoms with Crippen molar-refractivity contribution in [3.63, 3.8) is 0 Å². The zero-order valence-electron chi connectivity index (χ0n) is 15.8. The van der Waals surface area contributed by atoms with E-state index in [1.807, 2.05) is 0 Å². The predicted octanol–water partition coefficient (Wildman–Crippen LogP) is 6.21. The monoisotopic (exact) mass is 344 g/mol. The van der Waals surface area contributed by atoms with E-state index in [0.717, 1.165) is 25.7 Å². The zero-order chi connectivity index (χ0) is 18.4. The molecule has 134 valence electrons. The molecule has 0 unspecified atom stereocenters. The van der Waals surface area contributed by atoms with Crippen LogP contribution in [0.4, 0.5) is 0 Å². The van der Waals surface area contributed by atoms with E-state index in [-0.39, 0.29) is 6.61 Å². The molecule has 3 aromatic carbocycles. The molecule has 3 rings (SSSR count). The average Bonchev–Trinajstić information content (AvgIpc) is 2.69. The summed E-state index contributed by atoms with van der Waals surface area (Å²) in [4.78, 5) is 0. The zero-order valence-corrected chi connectivity index (χ0v) is 15.8. The minimum atomic E-state index is 0.284. The molecular formula is C25H28O. The van der Waals surface area contributed by atoms with Gasteiger partial charge in [0.05, 0.1) is 0 Å². The third-order valence-electron chi connectivity index (χ3n) is 5.00. The second kappa shape index (κ2) is 8.82. The van der Waals surface area contributed by atoms with Crippen LogP contribution in [-0.4, -0.2) is 11.7 Å². The van der Waals surface area contributed by atoms with Crippen molar-refractivity contribution in [2.75, 3.05) is 6.61 Å². The molecule has 0 radical (unpaired) electrons. The Morgan fingerprint density at radius 3 is 1.96 bits per heavy atom. The molecule has 0 bridgehead atoms. The molecule has 1 nitrogen and oxygen atoms in total. The van der Waals surface area contributed by atoms with E-state index in [1.165, 1.54) is 38.9 Å². The number of rotatable bonds is 7. The number of hydrogen-bond acceptors (Lipinski definition) is 1. The Balaban J connectivity index is 1.83. The van der Waals surface area contributed by atoms with Crippen LogP contribution in [0.25, 0.3) is 22.3 Å². The Labute approximate surface area is 157 Å². The van der Waals surface area contributed by atoms with Gasteiger partial charge < -0.3 is 5.11 Å². The standard InChI is InChI=1S/C25H28O/c1-3-21-18-20(6-4-5-17-26)9-16-25(21)24-14-12-23(13-15-24)22-10-7-19(2)8-11-22/h7-16,18,26H,3-6,17H2,1-2H3. The summed E-state index contributed by atoms with van der Waals surface area (Å²) in [5, 5.41) is 8.96. The van der Waals surface area contributed by atoms with Gasteiger partial charge in [-0.05, 0) is 66.0 Å². The van der Waals surface area contributed by atoms with Crippen LogP contribution in [0.3, 0.4) is 0 Å². The molecule has 1 heteroatoms. The van der Waals surface area contributed by atoms with Gasteiger partial charge >= 0.3 is 0 Å². The smallest absolute Gasteiger partial charge is 0.0431 e. The molecule has 0 atom stereocenters. The van der Waals surface area contributed by atoms with E-state index >= 15 is 0 Å². The maximum absolute atomic E-state index is 8.96. The first kappa shape index (κ1) is 18.4. The third kappa shape index (κ3) is 4.42. The van der Waals surface area contributed by atoms with Crippen LogP contribution in [0.1, 0.15) is 36.5 Å². The topological polar surface area (TPSA) is 20.2 Å². The highest BCUT2D eigenvalue weighted by atomic mass is 16.2. The number of hydrogen-bond donors (Lipinski definition) is 1. The van der Waals surface area contributed by atoms with Crippen molar-refractivity contribution in [2.45, 2.75) is 39.5 Å². The maximum atomic E-state index is 8.96. The van der Waals surface area contributed by atoms with Crippen LogP contribution in [0.5, 0.6) is 0 Å². The quantitative estimate of drug-likeness (QED) is 0.505. The lowest BCUT2D eigenvalue weighted by Crippen LogP contribution is -1.93. The van der Waals surface area contributed by atoms with Gasteiger partial charge in [-0.1, -0.05) is 79.2 Å². The molecule has 0 aromatic heterocycles. The first-order valence-electron chi connectivity index (χ1n) is 9.61. The van der Waals surface area contributed by atoms with Gasteiger partial charge in [0.2, 0.25) is 0 Å². The molecular weight excluding hydrogens is 316 g/mol. The van der Waals surface area contributed by atoms with E-state index in [0.29, 0.717) is 0 Å². The lowest BCUT2D eigenvalue weighted by Gasteiger charge is -2.12. The molecule has 0 aliphatic heterocycles. The van der Waals surface area contributed by atoms with E-state index in [4.69, 9.17) is 5.11 Å². The van der Waals surface area contributed by atoms with E-state index in [2.05, 4.69) is 80.6 Å². The highest BCUT2D eigenvalue weighted by Gasteiger charge is 2.06. The van der Waals surface area contributed by atoms with Crippen molar-refractivity contribution in [3.8, 4) is 22.3 Å². The normalized spacial score (nSPS) is 10.9. The summed E-state index contributed by atoms with van der Waals surface area (Å²) in [7, 11) is 0. The summed E-state index contributed by atoms with van der Waals surface area (Å²) < 4.78 is 0. The number of aliphatic hydroxyl groups is 1. The molecule has 0 heterocycles. The predicted molar refractivity (Wildman–Crippen MR) is 111 cm³/mol. The minimum Gasteiger partial charge on any atom is -0.396 e. The Morgan fingerprint density at radius 2 is 1.35 bits per heavy atom. The number of benzene rings is 3. The second-order valence-corrected chi connectivity index (χ2v) is 6.97. The molecule has 0 saturated heterocycles. The first-order valence-corrected chi connectivity index (χ1v) is 9.61. The molecule has 0 aliphatic carbocycles. The van der Waals surface area contributed by atoms with Crippen molar-refractivity contribution in [1.29, 1.82) is 0 Å². The SMILES string of the molecule is CCc1cc(CCCCO)ccc1-c1ccc(-c2ccc(C)cc2)cc1. The molecule has 26 heavy (non-hydrogen) atoms. The fraction of sp³-hybridized carbons (Fsp3) is 0.280. The summed E-state index contributed by atoms with van der Waals surface area (Å²) in [6.45, 7) is 4.62. The Bertz CT molecular complexity index is 829. The van der Waals surface area contributed by atoms with Gasteiger partial charge in [-0.2, -0.15) is 0 Å². The lowest BCUT2D eigenvalue weighted by molar-refractivity contribution is 0.284. The van der Waals surface area contributed by atoms with Crippen LogP contribution in [-0.2, 0) is 12.8 Å². The molecule has 0 fully saturated rings. The summed E-state index contributed by atoms with van der Waals surface area (Å²) in [6.07, 6.45) is 4.00. The van der Waals surface area contributed by atoms with Crippen molar-refractivity contribution >= 4 is 0 Å². The van der Waals surface area contributed by atoms with Gasteiger partial charge in [0.25, 0.3) is 0 Å². The van der Waals surface area contributed by atoms with Gasteiger partial charge in [0.1, 0.15) is 0 Å². The van der Waals surface area contributed by atoms with Gasteiger partial charge in [0, 0.05) is 6.61 Å². The van der Waals surface area contributed by atoms with Crippen molar-refractivity contribution in [3.05, 3.63) is 83.4 Å². The van der Waals surface area contributed by atoms with Gasteiger partial charge in [-0.3, -0.25) is 0 Å². The summed E-state index contributed by atoms with van der Waals surface area (Å²) >= 11 is 0. The molecule has 0 amide bonds. The van der Waals surface area contributed by atoms with Crippen LogP contribution < -0.4 is 0 Å². The van der Waals surface area contributed by atoms with Crippen LogP contribution in [0.15, 0.2) is 66.7 Å². The second-order valence-electron chi connectivity index (χ2n) is 6.97. The third-order valence-corrected chi connectivity index (χ3v) is 5.00. The minimum absolute atomic E-state index is 0.284. The van der Waals surface area contributed by atoms with Crippen molar-refractivity contribution in [2.24, 2.45) is 0 Å². The van der Waals surface area contributed by atoms with E-state index in [1.54, 1.807) is 0 Å². The molecule has 1 N–H and O–H groups in total. The van der Waals surface area contributed by atoms with Crippen molar-refractivity contribution < 1.29 is 5.11 Å². The highest BCUT2D eigenvalue weighted by Crippen LogP contribution is 2.29. The molecule has 0 saturated carbocycles. The highest BCUT2D eigenvalue weighted by molar-refractivity contribution is 5.72. The number of aryl methyl sites for hydroxylation is 3. The van der Waals surface area contributed by atoms with E-state index < -0.39 is 0 Å². The molecule has 3 aromatic rings. The van der Waals surface area contributed by atoms with Crippen LogP contribution >= 0.6 is 0 Å². The summed E-state index contributed by atoms with van der Waals surface area (Å²) in [6, 6.07) is 24.4.